The van der Waals surface area contributed by atoms with Crippen LogP contribution in [0.5, 0.6) is 0 Å². The van der Waals surface area contributed by atoms with E-state index in [-0.39, 0.29) is 10.8 Å². The van der Waals surface area contributed by atoms with E-state index >= 15 is 0 Å². The summed E-state index contributed by atoms with van der Waals surface area (Å²) >= 11 is 0. The second-order valence-corrected chi connectivity index (χ2v) is 19.3. The highest BCUT2D eigenvalue weighted by molar-refractivity contribution is 6.40. The molecule has 0 saturated carbocycles. The molecule has 0 spiro atoms. The van der Waals surface area contributed by atoms with Crippen LogP contribution in [0, 0.1) is 0 Å². The van der Waals surface area contributed by atoms with Gasteiger partial charge in [0.05, 0.1) is 39.5 Å². The molecule has 0 aliphatic carbocycles. The summed E-state index contributed by atoms with van der Waals surface area (Å²) in [4.78, 5) is 8.09. The number of hydrogen-bond donors (Lipinski definition) is 0. The van der Waals surface area contributed by atoms with Crippen LogP contribution in [0.25, 0.3) is 97.9 Å². The molecule has 13 aromatic rings. The fourth-order valence-electron chi connectivity index (χ4n) is 10.7. The Kier molecular flexibility index (Phi) is 6.69. The molecule has 292 valence electrons. The van der Waals surface area contributed by atoms with E-state index in [4.69, 9.17) is 4.98 Å². The second-order valence-electron chi connectivity index (χ2n) is 19.3. The Morgan fingerprint density at radius 3 is 1.64 bits per heavy atom. The summed E-state index contributed by atoms with van der Waals surface area (Å²) in [6, 6.07) is 56.5. The molecule has 0 unspecified atom stereocenters. The van der Waals surface area contributed by atoms with Gasteiger partial charge in [-0.25, -0.2) is 4.98 Å². The molecule has 0 amide bonds. The van der Waals surface area contributed by atoms with Gasteiger partial charge in [-0.2, -0.15) is 0 Å². The zero-order chi connectivity index (χ0) is 41.1. The third-order valence-corrected chi connectivity index (χ3v) is 13.6. The lowest BCUT2D eigenvalue weighted by Gasteiger charge is -2.28. The Morgan fingerprint density at radius 1 is 0.410 bits per heavy atom. The highest BCUT2D eigenvalue weighted by Crippen LogP contribution is 2.53. The van der Waals surface area contributed by atoms with Crippen molar-refractivity contribution in [1.82, 2.24) is 13.8 Å². The van der Waals surface area contributed by atoms with Crippen LogP contribution in [-0.2, 0) is 10.8 Å². The second kappa shape index (κ2) is 11.8. The topological polar surface area (TPSA) is 24.9 Å². The van der Waals surface area contributed by atoms with Gasteiger partial charge < -0.3 is 9.30 Å². The summed E-state index contributed by atoms with van der Waals surface area (Å²) in [5.41, 5.74) is 13.1. The maximum atomic E-state index is 5.63. The minimum atomic E-state index is -0.0534. The lowest BCUT2D eigenvalue weighted by molar-refractivity contribution is 0.590. The normalized spacial score (nSPS) is 13.1. The summed E-state index contributed by atoms with van der Waals surface area (Å²) in [5.74, 6) is 0. The summed E-state index contributed by atoms with van der Waals surface area (Å²) in [6.45, 7) is 14.0. The van der Waals surface area contributed by atoms with Gasteiger partial charge in [-0.05, 0) is 98.8 Å². The first-order valence-corrected chi connectivity index (χ1v) is 21.6. The predicted molar refractivity (Wildman–Crippen MR) is 261 cm³/mol. The highest BCUT2D eigenvalue weighted by Gasteiger charge is 2.31. The first-order chi connectivity index (χ1) is 29.6. The third kappa shape index (κ3) is 4.57. The van der Waals surface area contributed by atoms with Crippen LogP contribution in [0.1, 0.15) is 52.7 Å². The first kappa shape index (κ1) is 34.7. The SMILES string of the molecule is CC(C)(C)c1ccc2c(c1)c1cc(C(C)(C)C)cc3c4c5c6c7ccccc7cc7c8cc9ccccc9c(N(c9ccccc9)c9ccccc9)c8n(c5ncc4n2c13)c76. The van der Waals surface area contributed by atoms with E-state index in [9.17, 15) is 0 Å². The van der Waals surface area contributed by atoms with Crippen LogP contribution in [0.3, 0.4) is 0 Å². The van der Waals surface area contributed by atoms with Gasteiger partial charge in [-0.15, -0.1) is 0 Å². The molecule has 61 heavy (non-hydrogen) atoms. The number of para-hydroxylation sites is 2. The number of rotatable bonds is 3. The largest absolute Gasteiger partial charge is 0.308 e. The van der Waals surface area contributed by atoms with E-state index < -0.39 is 0 Å². The molecule has 0 fully saturated rings. The van der Waals surface area contributed by atoms with Crippen molar-refractivity contribution in [2.75, 3.05) is 4.90 Å². The number of fused-ring (bicyclic) bond motifs is 16. The van der Waals surface area contributed by atoms with E-state index in [1.54, 1.807) is 0 Å². The van der Waals surface area contributed by atoms with Gasteiger partial charge in [0.25, 0.3) is 0 Å². The Hall–Kier alpha value is -7.17. The number of anilines is 3. The molecule has 0 saturated heterocycles. The minimum Gasteiger partial charge on any atom is -0.308 e. The molecule has 0 bridgehead atoms. The molecule has 8 aromatic carbocycles. The monoisotopic (exact) mass is 784 g/mol. The quantitative estimate of drug-likeness (QED) is 0.178. The van der Waals surface area contributed by atoms with Crippen LogP contribution >= 0.6 is 0 Å². The van der Waals surface area contributed by atoms with Gasteiger partial charge in [0, 0.05) is 59.9 Å². The summed E-state index contributed by atoms with van der Waals surface area (Å²) < 4.78 is 5.04. The smallest absolute Gasteiger partial charge is 0.146 e. The maximum Gasteiger partial charge on any atom is 0.146 e. The fourth-order valence-corrected chi connectivity index (χ4v) is 10.7. The number of benzene rings is 8. The van der Waals surface area contributed by atoms with Crippen molar-refractivity contribution in [1.29, 1.82) is 0 Å². The molecule has 13 rings (SSSR count). The molecule has 5 heterocycles. The van der Waals surface area contributed by atoms with E-state index in [0.29, 0.717) is 0 Å². The lowest BCUT2D eigenvalue weighted by Crippen LogP contribution is -2.11. The van der Waals surface area contributed by atoms with Crippen molar-refractivity contribution in [3.8, 4) is 0 Å². The summed E-state index contributed by atoms with van der Waals surface area (Å²) in [7, 11) is 0. The van der Waals surface area contributed by atoms with Crippen molar-refractivity contribution < 1.29 is 0 Å². The van der Waals surface area contributed by atoms with Crippen LogP contribution in [0.15, 0.2) is 158 Å². The molecule has 0 aliphatic heterocycles. The molecule has 0 radical (unpaired) electrons. The number of aromatic nitrogens is 3. The number of pyridine rings is 1. The maximum absolute atomic E-state index is 5.63. The van der Waals surface area contributed by atoms with Gasteiger partial charge in [0.1, 0.15) is 5.65 Å². The highest BCUT2D eigenvalue weighted by atomic mass is 15.2. The van der Waals surface area contributed by atoms with E-state index in [0.717, 1.165) is 33.7 Å². The molecule has 0 aliphatic rings. The standard InChI is InChI=1S/C57H44N4/c1-56(2,3)35-25-26-46-41(29-35)44-30-36(57(4,5)6)31-45-48-47(60(46)51(44)45)32-58-55-50(48)49-39-23-15-13-17-33(39)27-42-43-28-34-18-14-16-24-40(34)53(54(43)61(55)52(42)49)59(37-19-9-7-10-20-37)38-21-11-8-12-22-38/h7-32H,1-6H3. The zero-order valence-electron chi connectivity index (χ0n) is 35.3. The fraction of sp³-hybridized carbons (Fsp3) is 0.140. The molecule has 0 atom stereocenters. The van der Waals surface area contributed by atoms with Crippen molar-refractivity contribution in [3.05, 3.63) is 169 Å². The van der Waals surface area contributed by atoms with Crippen LogP contribution in [0.4, 0.5) is 17.1 Å². The van der Waals surface area contributed by atoms with Crippen molar-refractivity contribution in [2.45, 2.75) is 52.4 Å². The molecule has 4 nitrogen and oxygen atoms in total. The third-order valence-electron chi connectivity index (χ3n) is 13.6. The molecule has 0 N–H and O–H groups in total. The molecule has 5 aromatic heterocycles. The summed E-state index contributed by atoms with van der Waals surface area (Å²) in [6.07, 6.45) is 2.17. The van der Waals surface area contributed by atoms with E-state index in [2.05, 4.69) is 213 Å². The first-order valence-electron chi connectivity index (χ1n) is 21.6. The molecule has 4 heteroatoms. The van der Waals surface area contributed by atoms with Gasteiger partial charge in [0.2, 0.25) is 0 Å². The van der Waals surface area contributed by atoms with Gasteiger partial charge >= 0.3 is 0 Å². The average molecular weight is 785 g/mol. The molecular formula is C57H44N4. The number of hydrogen-bond acceptors (Lipinski definition) is 2. The minimum absolute atomic E-state index is 0.0360. The van der Waals surface area contributed by atoms with Crippen molar-refractivity contribution >= 4 is 115 Å². The Labute approximate surface area is 353 Å². The Morgan fingerprint density at radius 2 is 0.967 bits per heavy atom. The van der Waals surface area contributed by atoms with Gasteiger partial charge in [0.15, 0.2) is 0 Å². The van der Waals surface area contributed by atoms with E-state index in [1.807, 2.05) is 0 Å². The van der Waals surface area contributed by atoms with Crippen LogP contribution in [0.2, 0.25) is 0 Å². The van der Waals surface area contributed by atoms with Crippen molar-refractivity contribution in [2.24, 2.45) is 0 Å². The number of nitrogens with zero attached hydrogens (tertiary/aromatic N) is 4. The van der Waals surface area contributed by atoms with Crippen molar-refractivity contribution in [3.63, 3.8) is 0 Å². The molecular weight excluding hydrogens is 741 g/mol. The van der Waals surface area contributed by atoms with E-state index in [1.165, 1.54) is 92.3 Å². The average Bonchev–Trinajstić information content (AvgIpc) is 3.99. The van der Waals surface area contributed by atoms with Gasteiger partial charge in [-0.1, -0.05) is 133 Å². The summed E-state index contributed by atoms with van der Waals surface area (Å²) in [5, 5.41) is 15.0. The van der Waals surface area contributed by atoms with Crippen LogP contribution < -0.4 is 4.90 Å². The Balaban J connectivity index is 1.30. The zero-order valence-corrected chi connectivity index (χ0v) is 35.3. The van der Waals surface area contributed by atoms with Crippen LogP contribution in [-0.4, -0.2) is 13.8 Å². The lowest BCUT2D eigenvalue weighted by atomic mass is 9.84. The predicted octanol–water partition coefficient (Wildman–Crippen LogP) is 15.8. The Bertz CT molecular complexity index is 3890. The van der Waals surface area contributed by atoms with Gasteiger partial charge in [-0.3, -0.25) is 4.40 Å².